The van der Waals surface area contributed by atoms with E-state index < -0.39 is 0 Å². The Balaban J connectivity index is 0.0000000925. The maximum atomic E-state index is 6.37. The number of fused-ring (bicyclic) bond motifs is 40. The largest absolute Gasteiger partial charge is 0.455 e. The second-order valence-corrected chi connectivity index (χ2v) is 38.9. The molecule has 0 unspecified atom stereocenters. The number of thiophene rings is 1. The van der Waals surface area contributed by atoms with E-state index in [1.54, 1.807) is 0 Å². The van der Waals surface area contributed by atoms with Gasteiger partial charge in [-0.05, 0) is 248 Å². The summed E-state index contributed by atoms with van der Waals surface area (Å²) < 4.78 is 11.5. The summed E-state index contributed by atoms with van der Waals surface area (Å²) in [4.78, 5) is 21.2. The lowest BCUT2D eigenvalue weighted by atomic mass is 9.81. The molecule has 0 saturated heterocycles. The third-order valence-electron chi connectivity index (χ3n) is 29.9. The minimum atomic E-state index is 0.0172. The van der Waals surface area contributed by atoms with Crippen LogP contribution in [0.4, 0.5) is 0 Å². The normalized spacial score (nSPS) is 12.7. The Morgan fingerprint density at radius 2 is 0.775 bits per heavy atom. The zero-order valence-corrected chi connectivity index (χ0v) is 76.2. The van der Waals surface area contributed by atoms with Crippen LogP contribution < -0.4 is 0 Å². The Kier molecular flexibility index (Phi) is 17.1. The van der Waals surface area contributed by atoms with Crippen molar-refractivity contribution in [3.63, 3.8) is 0 Å². The predicted molar refractivity (Wildman–Crippen MR) is 586 cm³/mol. The fourth-order valence-electron chi connectivity index (χ4n) is 23.4. The first-order chi connectivity index (χ1) is 68.1. The van der Waals surface area contributed by atoms with Gasteiger partial charge < -0.3 is 23.9 Å². The number of nitrogens with one attached hydrogen (secondary N) is 3. The lowest BCUT2D eigenvalue weighted by Gasteiger charge is -2.22. The van der Waals surface area contributed by atoms with E-state index in [1.165, 1.54) is 227 Å². The van der Waals surface area contributed by atoms with Gasteiger partial charge >= 0.3 is 0 Å². The Hall–Kier alpha value is -17.6. The first-order valence-electron chi connectivity index (χ1n) is 47.6. The molecule has 0 saturated carbocycles. The topological polar surface area (TPSA) is 91.2 Å². The van der Waals surface area contributed by atoms with Crippen LogP contribution >= 0.6 is 11.3 Å². The number of nitrogens with zero attached hydrogens (tertiary/aromatic N) is 3. The van der Waals surface area contributed by atoms with Crippen molar-refractivity contribution in [2.45, 2.75) is 25.7 Å². The van der Waals surface area contributed by atoms with Crippen molar-refractivity contribution in [1.29, 1.82) is 0 Å². The highest BCUT2D eigenvalue weighted by atomic mass is 32.1. The zero-order chi connectivity index (χ0) is 90.7. The summed E-state index contributed by atoms with van der Waals surface area (Å²) in [5.41, 5.74) is 29.0. The highest BCUT2D eigenvalue weighted by molar-refractivity contribution is 7.27. The van der Waals surface area contributed by atoms with Crippen LogP contribution in [0.5, 0.6) is 0 Å². The van der Waals surface area contributed by atoms with Gasteiger partial charge in [0.1, 0.15) is 11.2 Å². The molecule has 7 nitrogen and oxygen atoms in total. The quantitative estimate of drug-likeness (QED) is 0.164. The summed E-state index contributed by atoms with van der Waals surface area (Å²) in [7, 11) is 0. The van der Waals surface area contributed by atoms with Crippen molar-refractivity contribution in [3.8, 4) is 61.8 Å². The molecule has 2 aliphatic carbocycles. The number of H-pyrrole nitrogens is 3. The number of aromatic amines is 3. The van der Waals surface area contributed by atoms with Crippen LogP contribution in [0.3, 0.4) is 0 Å². The number of hydrogen-bond donors (Lipinski definition) is 3. The van der Waals surface area contributed by atoms with Crippen molar-refractivity contribution < 1.29 is 4.42 Å². The molecule has 8 heteroatoms. The van der Waals surface area contributed by atoms with E-state index in [2.05, 4.69) is 452 Å². The van der Waals surface area contributed by atoms with Crippen LogP contribution in [-0.2, 0) is 11.8 Å². The van der Waals surface area contributed by atoms with E-state index in [4.69, 9.17) is 14.4 Å². The highest BCUT2D eigenvalue weighted by Gasteiger charge is 2.40. The molecule has 138 heavy (non-hydrogen) atoms. The Labute approximate surface area is 795 Å². The van der Waals surface area contributed by atoms with Crippen LogP contribution in [-0.4, -0.2) is 29.5 Å². The van der Waals surface area contributed by atoms with Gasteiger partial charge in [-0.3, -0.25) is 0 Å². The number of aromatic nitrogens is 6. The van der Waals surface area contributed by atoms with Crippen LogP contribution in [0, 0.1) is 0 Å². The van der Waals surface area contributed by atoms with Gasteiger partial charge in [-0.15, -0.1) is 11.3 Å². The van der Waals surface area contributed by atoms with Gasteiger partial charge in [-0.2, -0.15) is 0 Å². The lowest BCUT2D eigenvalue weighted by molar-refractivity contribution is 0.661. The second kappa shape index (κ2) is 30.2. The molecule has 0 aliphatic heterocycles. The average molecular weight is 1780 g/mol. The maximum Gasteiger partial charge on any atom is 0.160 e. The molecule has 7 aromatic heterocycles. The highest BCUT2D eigenvalue weighted by Crippen LogP contribution is 2.58. The fourth-order valence-corrected chi connectivity index (χ4v) is 24.6. The molecular formula is C130H82N6OS. The molecule has 3 N–H and O–H groups in total. The van der Waals surface area contributed by atoms with Gasteiger partial charge in [-0.1, -0.05) is 323 Å². The van der Waals surface area contributed by atoms with Gasteiger partial charge in [0.15, 0.2) is 5.82 Å². The first-order valence-corrected chi connectivity index (χ1v) is 48.4. The minimum Gasteiger partial charge on any atom is -0.455 e. The molecule has 0 spiro atoms. The predicted octanol–water partition coefficient (Wildman–Crippen LogP) is 35.9. The van der Waals surface area contributed by atoms with Crippen molar-refractivity contribution >= 4 is 227 Å². The molecule has 2 aliphatic rings. The number of rotatable bonds is 4. The third kappa shape index (κ3) is 12.0. The molecule has 0 fully saturated rings. The summed E-state index contributed by atoms with van der Waals surface area (Å²) in [6.07, 6.45) is 1.03. The van der Waals surface area contributed by atoms with E-state index in [-0.39, 0.29) is 5.41 Å². The average Bonchev–Trinajstić information content (AvgIpc) is 1.55. The van der Waals surface area contributed by atoms with Gasteiger partial charge in [0.25, 0.3) is 0 Å². The van der Waals surface area contributed by atoms with Crippen LogP contribution in [0.15, 0.2) is 435 Å². The maximum absolute atomic E-state index is 6.37. The molecule has 0 atom stereocenters. The zero-order valence-electron chi connectivity index (χ0n) is 75.4. The smallest absolute Gasteiger partial charge is 0.160 e. The molecule has 0 bridgehead atoms. The Bertz CT molecular complexity index is 10100. The van der Waals surface area contributed by atoms with Gasteiger partial charge in [0, 0.05) is 140 Å². The van der Waals surface area contributed by atoms with Gasteiger partial charge in [-0.25, -0.2) is 9.97 Å². The molecule has 7 heterocycles. The van der Waals surface area contributed by atoms with E-state index >= 15 is 0 Å². The Morgan fingerprint density at radius 1 is 0.290 bits per heavy atom. The molecule has 0 radical (unpaired) electrons. The molecule has 32 rings (SSSR count). The summed E-state index contributed by atoms with van der Waals surface area (Å²) in [6.45, 7) is 4.77. The van der Waals surface area contributed by atoms with Crippen LogP contribution in [0.25, 0.3) is 277 Å². The van der Waals surface area contributed by atoms with Gasteiger partial charge in [0.05, 0.1) is 27.9 Å². The van der Waals surface area contributed by atoms with Gasteiger partial charge in [0.2, 0.25) is 0 Å². The van der Waals surface area contributed by atoms with Crippen LogP contribution in [0.1, 0.15) is 36.1 Å². The molecule has 644 valence electrons. The van der Waals surface area contributed by atoms with Crippen molar-refractivity contribution in [2.24, 2.45) is 0 Å². The van der Waals surface area contributed by atoms with Crippen molar-refractivity contribution in [1.82, 2.24) is 29.5 Å². The summed E-state index contributed by atoms with van der Waals surface area (Å²) >= 11 is 1.91. The fraction of sp³-hybridized carbons (Fsp3) is 0.0308. The monoisotopic (exact) mass is 1770 g/mol. The van der Waals surface area contributed by atoms with E-state index in [9.17, 15) is 0 Å². The molecular weight excluding hydrogens is 1690 g/mol. The summed E-state index contributed by atoms with van der Waals surface area (Å²) in [5.74, 6) is 0.702. The van der Waals surface area contributed by atoms with E-state index in [1.807, 2.05) is 23.5 Å². The van der Waals surface area contributed by atoms with Crippen molar-refractivity contribution in [3.05, 3.63) is 453 Å². The molecule has 0 amide bonds. The number of furan rings is 1. The summed E-state index contributed by atoms with van der Waals surface area (Å²) in [5, 5.41) is 35.7. The van der Waals surface area contributed by atoms with Crippen molar-refractivity contribution in [2.75, 3.05) is 0 Å². The number of benzene rings is 23. The van der Waals surface area contributed by atoms with Crippen LogP contribution in [0.2, 0.25) is 0 Å². The SMILES string of the molecule is CC1(C)c2cc3ccccc3cc2-c2c1ccc1c2-c2ccc3ccccc3c2C1.c1ccc(-c2cc(-c3ccccc3)nc(-c3ccc(-n4c5cc6ccccc6cc5c5c6c(ccc54)[nH]c4cc5ccccc5cc46)cc3)n2)cc1.c1ccc2c(c1)ccc1c2[nH]c2ccc3oc4c5ccccc5ccc4c3c21.c1ccc2cc3c(cc2c1)[nH]c1ccc2sc4c5ccccc5ccc4c2c13. The standard InChI is InChI=1S/C48H30N4.C30H22.C26H15NO.C26H15NS/c1-3-11-30(12-4-1)41-29-42(31-13-5-2-6-14-31)51-48(50-41)32-19-21-37(22-20-32)52-44-24-23-40-46(38-25-33-15-7-9-17-35(33)27-43(38)49-40)47(44)39-26-34-16-8-10-18-36(34)28-45(39)52;1-30(2)26-14-12-21-16-24-22-10-6-5-7-18(22)11-13-23(24)28(21)29(26)25-15-19-8-3-4-9-20(19)17-27(25)30;1-3-7-17-15(5-1)9-11-19-23-21(27-25(17)19)13-14-22-24(23)20-12-10-16-6-2-4-8-18(16)26(20)28-22;1-2-7-17-14-22-20(13-16(17)6-1)24-21(27-22)11-12-23-25(24)19-10-9-15-5-3-4-8-18(15)26(19)28-23/h1-29,49H;3-15,17H,16H2,1-2H3;2*1-14,27H. The second-order valence-electron chi connectivity index (χ2n) is 37.9. The lowest BCUT2D eigenvalue weighted by Crippen LogP contribution is -2.15. The molecule has 23 aromatic carbocycles. The van der Waals surface area contributed by atoms with E-state index in [0.29, 0.717) is 5.82 Å². The first kappa shape index (κ1) is 78.0. The summed E-state index contributed by atoms with van der Waals surface area (Å²) in [6, 6.07) is 155. The minimum absolute atomic E-state index is 0.0172. The number of hydrogen-bond acceptors (Lipinski definition) is 4. The molecule has 30 aromatic rings. The third-order valence-corrected chi connectivity index (χ3v) is 31.1. The Morgan fingerprint density at radius 3 is 1.42 bits per heavy atom. The van der Waals surface area contributed by atoms with E-state index in [0.717, 1.165) is 73.3 Å².